The SMILES string of the molecule is C[C@H]1CCC/C=C\[C@@H]2C[C@@H](O)C[C@H]2[C@H](O)/C=C/C(=O)O1. The van der Waals surface area contributed by atoms with Crippen LogP contribution in [0.2, 0.25) is 0 Å². The van der Waals surface area contributed by atoms with Gasteiger partial charge in [0.25, 0.3) is 0 Å². The Labute approximate surface area is 120 Å². The largest absolute Gasteiger partial charge is 0.460 e. The molecule has 0 aromatic heterocycles. The van der Waals surface area contributed by atoms with Crippen LogP contribution in [0.5, 0.6) is 0 Å². The average Bonchev–Trinajstić information content (AvgIpc) is 2.76. The molecule has 0 spiro atoms. The van der Waals surface area contributed by atoms with Gasteiger partial charge in [-0.2, -0.15) is 0 Å². The van der Waals surface area contributed by atoms with Crippen molar-refractivity contribution in [2.75, 3.05) is 0 Å². The first-order valence-electron chi connectivity index (χ1n) is 7.48. The van der Waals surface area contributed by atoms with Gasteiger partial charge in [0.05, 0.1) is 18.3 Å². The van der Waals surface area contributed by atoms with Crippen LogP contribution < -0.4 is 0 Å². The number of carbonyl (C=O) groups excluding carboxylic acids is 1. The molecule has 0 aromatic rings. The van der Waals surface area contributed by atoms with Crippen molar-refractivity contribution >= 4 is 5.97 Å². The van der Waals surface area contributed by atoms with Crippen molar-refractivity contribution in [3.05, 3.63) is 24.3 Å². The maximum Gasteiger partial charge on any atom is 0.330 e. The lowest BCUT2D eigenvalue weighted by Crippen LogP contribution is -2.21. The number of carbonyl (C=O) groups is 1. The van der Waals surface area contributed by atoms with Crippen molar-refractivity contribution in [3.63, 3.8) is 0 Å². The minimum Gasteiger partial charge on any atom is -0.460 e. The number of rotatable bonds is 0. The first-order chi connectivity index (χ1) is 9.56. The van der Waals surface area contributed by atoms with E-state index in [-0.39, 0.29) is 24.0 Å². The van der Waals surface area contributed by atoms with E-state index in [1.807, 2.05) is 6.92 Å². The summed E-state index contributed by atoms with van der Waals surface area (Å²) < 4.78 is 5.23. The third-order valence-electron chi connectivity index (χ3n) is 4.19. The van der Waals surface area contributed by atoms with Gasteiger partial charge in [0.15, 0.2) is 0 Å². The van der Waals surface area contributed by atoms with Crippen LogP contribution in [0.4, 0.5) is 0 Å². The van der Waals surface area contributed by atoms with E-state index < -0.39 is 12.1 Å². The Balaban J connectivity index is 2.11. The molecule has 1 fully saturated rings. The summed E-state index contributed by atoms with van der Waals surface area (Å²) in [5.74, 6) is -0.249. The zero-order chi connectivity index (χ0) is 14.5. The second-order valence-corrected chi connectivity index (χ2v) is 5.91. The van der Waals surface area contributed by atoms with Gasteiger partial charge >= 0.3 is 5.97 Å². The highest BCUT2D eigenvalue weighted by atomic mass is 16.5. The average molecular weight is 280 g/mol. The molecule has 2 N–H and O–H groups in total. The Kier molecular flexibility index (Phi) is 5.38. The highest BCUT2D eigenvalue weighted by Gasteiger charge is 2.35. The predicted molar refractivity (Wildman–Crippen MR) is 75.9 cm³/mol. The summed E-state index contributed by atoms with van der Waals surface area (Å²) >= 11 is 0. The molecule has 20 heavy (non-hydrogen) atoms. The lowest BCUT2D eigenvalue weighted by atomic mass is 9.90. The Morgan fingerprint density at radius 1 is 1.25 bits per heavy atom. The third kappa shape index (κ3) is 4.18. The van der Waals surface area contributed by atoms with Crippen LogP contribution in [-0.4, -0.2) is 34.5 Å². The number of aliphatic hydroxyl groups excluding tert-OH is 2. The Morgan fingerprint density at radius 2 is 2.05 bits per heavy atom. The molecule has 0 aromatic carbocycles. The Morgan fingerprint density at radius 3 is 2.85 bits per heavy atom. The van der Waals surface area contributed by atoms with Crippen LogP contribution in [0.1, 0.15) is 39.0 Å². The topological polar surface area (TPSA) is 66.8 Å². The van der Waals surface area contributed by atoms with Crippen LogP contribution >= 0.6 is 0 Å². The van der Waals surface area contributed by atoms with Gasteiger partial charge in [-0.05, 0) is 56.9 Å². The van der Waals surface area contributed by atoms with Gasteiger partial charge in [0, 0.05) is 6.08 Å². The van der Waals surface area contributed by atoms with Gasteiger partial charge in [0.1, 0.15) is 0 Å². The van der Waals surface area contributed by atoms with Crippen molar-refractivity contribution in [1.29, 1.82) is 0 Å². The summed E-state index contributed by atoms with van der Waals surface area (Å²) in [5.41, 5.74) is 0. The molecule has 0 radical (unpaired) electrons. The summed E-state index contributed by atoms with van der Waals surface area (Å²) in [5, 5.41) is 20.0. The highest BCUT2D eigenvalue weighted by Crippen LogP contribution is 2.36. The van der Waals surface area contributed by atoms with Gasteiger partial charge in [-0.15, -0.1) is 0 Å². The van der Waals surface area contributed by atoms with Crippen molar-refractivity contribution in [1.82, 2.24) is 0 Å². The molecule has 5 atom stereocenters. The van der Waals surface area contributed by atoms with Crippen LogP contribution in [-0.2, 0) is 9.53 Å². The lowest BCUT2D eigenvalue weighted by molar-refractivity contribution is -0.142. The summed E-state index contributed by atoms with van der Waals surface area (Å²) in [6, 6.07) is 0. The maximum atomic E-state index is 11.6. The number of hydrogen-bond donors (Lipinski definition) is 2. The van der Waals surface area contributed by atoms with Crippen molar-refractivity contribution in [2.24, 2.45) is 11.8 Å². The van der Waals surface area contributed by atoms with Gasteiger partial charge in [-0.1, -0.05) is 12.2 Å². The molecular weight excluding hydrogens is 256 g/mol. The molecule has 0 bridgehead atoms. The fraction of sp³-hybridized carbons (Fsp3) is 0.688. The minimum absolute atomic E-state index is 0.0246. The maximum absolute atomic E-state index is 11.6. The number of hydrogen-bond acceptors (Lipinski definition) is 4. The molecule has 0 unspecified atom stereocenters. The highest BCUT2D eigenvalue weighted by molar-refractivity contribution is 5.82. The first kappa shape index (κ1) is 15.3. The molecule has 2 rings (SSSR count). The molecule has 1 aliphatic heterocycles. The van der Waals surface area contributed by atoms with E-state index in [9.17, 15) is 15.0 Å². The molecule has 4 heteroatoms. The molecule has 2 aliphatic rings. The van der Waals surface area contributed by atoms with E-state index in [4.69, 9.17) is 4.74 Å². The van der Waals surface area contributed by atoms with Gasteiger partial charge in [-0.3, -0.25) is 0 Å². The van der Waals surface area contributed by atoms with E-state index in [2.05, 4.69) is 12.2 Å². The van der Waals surface area contributed by atoms with E-state index >= 15 is 0 Å². The number of allylic oxidation sites excluding steroid dienone is 2. The summed E-state index contributed by atoms with van der Waals surface area (Å²) in [4.78, 5) is 11.6. The Bertz CT molecular complexity index is 388. The standard InChI is InChI=1S/C16H24O4/c1-11-5-3-2-4-6-12-9-13(17)10-14(12)15(18)7-8-16(19)20-11/h4,6-8,11-15,17-18H,2-3,5,9-10H2,1H3/b6-4-,8-7+/t11-,12+,13+,14+,15+/m0/s1. The number of esters is 1. The second-order valence-electron chi connectivity index (χ2n) is 5.91. The number of aliphatic hydroxyl groups is 2. The fourth-order valence-corrected chi connectivity index (χ4v) is 3.10. The summed E-state index contributed by atoms with van der Waals surface area (Å²) in [7, 11) is 0. The monoisotopic (exact) mass is 280 g/mol. The van der Waals surface area contributed by atoms with E-state index in [1.54, 1.807) is 0 Å². The van der Waals surface area contributed by atoms with Gasteiger partial charge in [-0.25, -0.2) is 4.79 Å². The molecule has 1 heterocycles. The van der Waals surface area contributed by atoms with Crippen LogP contribution in [0.3, 0.4) is 0 Å². The minimum atomic E-state index is -0.717. The normalized spacial score (nSPS) is 42.5. The van der Waals surface area contributed by atoms with Crippen LogP contribution in [0.15, 0.2) is 24.3 Å². The smallest absolute Gasteiger partial charge is 0.330 e. The van der Waals surface area contributed by atoms with Crippen molar-refractivity contribution in [3.8, 4) is 0 Å². The van der Waals surface area contributed by atoms with Gasteiger partial charge in [0.2, 0.25) is 0 Å². The zero-order valence-electron chi connectivity index (χ0n) is 11.9. The van der Waals surface area contributed by atoms with Crippen molar-refractivity contribution in [2.45, 2.75) is 57.3 Å². The van der Waals surface area contributed by atoms with Crippen LogP contribution in [0.25, 0.3) is 0 Å². The predicted octanol–water partition coefficient (Wildman–Crippen LogP) is 1.96. The van der Waals surface area contributed by atoms with E-state index in [0.717, 1.165) is 19.3 Å². The van der Waals surface area contributed by atoms with Crippen molar-refractivity contribution < 1.29 is 19.7 Å². The summed E-state index contributed by atoms with van der Waals surface area (Å²) in [6.45, 7) is 1.89. The molecule has 0 saturated heterocycles. The molecule has 0 amide bonds. The number of cyclic esters (lactones) is 1. The van der Waals surface area contributed by atoms with Crippen LogP contribution in [0, 0.1) is 11.8 Å². The molecule has 1 aliphatic carbocycles. The molecule has 4 nitrogen and oxygen atoms in total. The molecular formula is C16H24O4. The molecule has 112 valence electrons. The summed E-state index contributed by atoms with van der Waals surface area (Å²) in [6.07, 6.45) is 9.87. The fourth-order valence-electron chi connectivity index (χ4n) is 3.10. The number of fused-ring (bicyclic) bond motifs is 1. The van der Waals surface area contributed by atoms with E-state index in [0.29, 0.717) is 12.8 Å². The van der Waals surface area contributed by atoms with Gasteiger partial charge < -0.3 is 14.9 Å². The zero-order valence-corrected chi connectivity index (χ0v) is 11.9. The quantitative estimate of drug-likeness (QED) is 0.526. The Hall–Kier alpha value is -1.13. The number of ether oxygens (including phenoxy) is 1. The second kappa shape index (κ2) is 7.04. The first-order valence-corrected chi connectivity index (χ1v) is 7.48. The van der Waals surface area contributed by atoms with E-state index in [1.165, 1.54) is 12.2 Å². The third-order valence-corrected chi connectivity index (χ3v) is 4.19. The molecule has 1 saturated carbocycles. The lowest BCUT2D eigenvalue weighted by Gasteiger charge is -2.19.